The number of anilines is 2. The average molecular weight is 555 g/mol. The van der Waals surface area contributed by atoms with E-state index in [0.717, 1.165) is 17.4 Å². The van der Waals surface area contributed by atoms with Gasteiger partial charge in [0, 0.05) is 23.1 Å². The van der Waals surface area contributed by atoms with Crippen LogP contribution in [0.25, 0.3) is 11.3 Å². The fourth-order valence-corrected chi connectivity index (χ4v) is 5.14. The number of thiazole rings is 1. The van der Waals surface area contributed by atoms with Gasteiger partial charge in [-0.3, -0.25) is 4.72 Å². The molecule has 4 rings (SSSR count). The van der Waals surface area contributed by atoms with E-state index in [9.17, 15) is 31.1 Å². The topological polar surface area (TPSA) is 113 Å². The molecule has 0 atom stereocenters. The number of hydrogen-bond donors (Lipinski definition) is 3. The summed E-state index contributed by atoms with van der Waals surface area (Å²) in [7, 11) is -2.70. The molecule has 0 radical (unpaired) electrons. The van der Waals surface area contributed by atoms with E-state index in [1.54, 1.807) is 18.2 Å². The summed E-state index contributed by atoms with van der Waals surface area (Å²) in [5.74, 6) is -1.16. The van der Waals surface area contributed by atoms with Gasteiger partial charge < -0.3 is 15.2 Å². The van der Waals surface area contributed by atoms with Gasteiger partial charge in [-0.15, -0.1) is 11.3 Å². The summed E-state index contributed by atoms with van der Waals surface area (Å²) in [6.07, 6.45) is -3.54. The summed E-state index contributed by atoms with van der Waals surface area (Å²) in [6.45, 7) is 0.224. The van der Waals surface area contributed by atoms with Gasteiger partial charge >= 0.3 is 6.18 Å². The van der Waals surface area contributed by atoms with E-state index in [0.29, 0.717) is 29.1 Å². The van der Waals surface area contributed by atoms with Crippen molar-refractivity contribution in [3.05, 3.63) is 77.1 Å². The number of hydrogen-bond acceptors (Lipinski definition) is 8. The van der Waals surface area contributed by atoms with Gasteiger partial charge in [-0.05, 0) is 30.3 Å². The van der Waals surface area contributed by atoms with Gasteiger partial charge in [0.1, 0.15) is 5.82 Å². The minimum atomic E-state index is -4.83. The SMILES string of the molecule is COc1cccc(CNc2ccc(S(=O)(=O)Nc3nc(-c4ccc(C(F)(F)F)c(F)c4)cs3)nc2)c1O. The largest absolute Gasteiger partial charge is 0.504 e. The molecule has 2 aromatic heterocycles. The van der Waals surface area contributed by atoms with Crippen LogP contribution in [0.5, 0.6) is 11.5 Å². The van der Waals surface area contributed by atoms with Crippen molar-refractivity contribution in [2.24, 2.45) is 0 Å². The number of phenolic OH excluding ortho intramolecular Hbond substituents is 1. The van der Waals surface area contributed by atoms with Crippen molar-refractivity contribution in [2.75, 3.05) is 17.1 Å². The second-order valence-corrected chi connectivity index (χ2v) is 10.0. The number of nitrogens with one attached hydrogen (secondary N) is 2. The average Bonchev–Trinajstić information content (AvgIpc) is 3.30. The lowest BCUT2D eigenvalue weighted by molar-refractivity contribution is -0.139. The van der Waals surface area contributed by atoms with Crippen molar-refractivity contribution in [2.45, 2.75) is 17.7 Å². The van der Waals surface area contributed by atoms with Crippen molar-refractivity contribution >= 4 is 32.2 Å². The lowest BCUT2D eigenvalue weighted by Crippen LogP contribution is -2.14. The number of aromatic hydroxyl groups is 1. The molecule has 0 unspecified atom stereocenters. The zero-order chi connectivity index (χ0) is 26.8. The highest BCUT2D eigenvalue weighted by molar-refractivity contribution is 7.92. The molecule has 3 N–H and O–H groups in total. The van der Waals surface area contributed by atoms with Crippen LogP contribution in [0.3, 0.4) is 0 Å². The summed E-state index contributed by atoms with van der Waals surface area (Å²) < 4.78 is 84.9. The first-order valence-corrected chi connectivity index (χ1v) is 12.7. The predicted octanol–water partition coefficient (Wildman–Crippen LogP) is 5.49. The Bertz CT molecular complexity index is 1520. The molecule has 0 bridgehead atoms. The van der Waals surface area contributed by atoms with Crippen molar-refractivity contribution < 1.29 is 35.8 Å². The molecule has 2 heterocycles. The Labute approximate surface area is 212 Å². The highest BCUT2D eigenvalue weighted by Gasteiger charge is 2.34. The quantitative estimate of drug-likeness (QED) is 0.247. The minimum absolute atomic E-state index is 0.0179. The van der Waals surface area contributed by atoms with Crippen LogP contribution in [0.1, 0.15) is 11.1 Å². The highest BCUT2D eigenvalue weighted by Crippen LogP contribution is 2.34. The molecule has 14 heteroatoms. The number of pyridine rings is 1. The van der Waals surface area contributed by atoms with Crippen molar-refractivity contribution in [3.63, 3.8) is 0 Å². The zero-order valence-electron chi connectivity index (χ0n) is 18.9. The molecular formula is C23H18F4N4O4S2. The van der Waals surface area contributed by atoms with Crippen LogP contribution < -0.4 is 14.8 Å². The predicted molar refractivity (Wildman–Crippen MR) is 130 cm³/mol. The van der Waals surface area contributed by atoms with E-state index in [2.05, 4.69) is 20.0 Å². The van der Waals surface area contributed by atoms with Gasteiger partial charge in [-0.1, -0.05) is 18.2 Å². The number of para-hydroxylation sites is 1. The van der Waals surface area contributed by atoms with Gasteiger partial charge in [0.25, 0.3) is 10.0 Å². The molecule has 0 aliphatic carbocycles. The zero-order valence-corrected chi connectivity index (χ0v) is 20.5. The Balaban J connectivity index is 1.43. The van der Waals surface area contributed by atoms with Gasteiger partial charge in [0.15, 0.2) is 21.7 Å². The summed E-state index contributed by atoms with van der Waals surface area (Å²) in [5.41, 5.74) is -0.199. The van der Waals surface area contributed by atoms with E-state index in [4.69, 9.17) is 4.74 Å². The second-order valence-electron chi connectivity index (χ2n) is 7.54. The Morgan fingerprint density at radius 3 is 2.57 bits per heavy atom. The third kappa shape index (κ3) is 5.91. The molecule has 37 heavy (non-hydrogen) atoms. The van der Waals surface area contributed by atoms with E-state index in [1.807, 2.05) is 0 Å². The van der Waals surface area contributed by atoms with Crippen LogP contribution in [0.4, 0.5) is 28.4 Å². The monoisotopic (exact) mass is 554 g/mol. The number of methoxy groups -OCH3 is 1. The summed E-state index contributed by atoms with van der Waals surface area (Å²) in [4.78, 5) is 7.98. The third-order valence-electron chi connectivity index (χ3n) is 5.09. The number of alkyl halides is 3. The second kappa shape index (κ2) is 10.2. The Hall–Kier alpha value is -3.91. The molecule has 8 nitrogen and oxygen atoms in total. The van der Waals surface area contributed by atoms with Crippen LogP contribution in [0.15, 0.2) is 65.1 Å². The molecule has 0 aliphatic rings. The molecule has 0 saturated heterocycles. The molecule has 0 fully saturated rings. The molecule has 0 aliphatic heterocycles. The van der Waals surface area contributed by atoms with Crippen LogP contribution in [-0.4, -0.2) is 30.6 Å². The van der Waals surface area contributed by atoms with Crippen LogP contribution in [0.2, 0.25) is 0 Å². The van der Waals surface area contributed by atoms with Crippen molar-refractivity contribution in [1.29, 1.82) is 0 Å². The number of halogens is 4. The number of benzene rings is 2. The summed E-state index contributed by atoms with van der Waals surface area (Å²) in [6, 6.07) is 10.1. The number of ether oxygens (including phenoxy) is 1. The standard InChI is InChI=1S/C23H18F4N4O4S2/c1-35-19-4-2-3-14(21(19)32)10-28-15-6-8-20(29-11-15)37(33,34)31-22-30-18(12-36-22)13-5-7-16(17(24)9-13)23(25,26)27/h2-9,11-12,28,32H,10H2,1H3,(H,30,31). The van der Waals surface area contributed by atoms with E-state index in [-0.39, 0.29) is 33.7 Å². The summed E-state index contributed by atoms with van der Waals surface area (Å²) >= 11 is 0.875. The summed E-state index contributed by atoms with van der Waals surface area (Å²) in [5, 5.41) is 14.2. The van der Waals surface area contributed by atoms with Crippen LogP contribution >= 0.6 is 11.3 Å². The molecule has 2 aromatic carbocycles. The Morgan fingerprint density at radius 2 is 1.92 bits per heavy atom. The van der Waals surface area contributed by atoms with E-state index < -0.39 is 27.6 Å². The van der Waals surface area contributed by atoms with Gasteiger partial charge in [0.2, 0.25) is 0 Å². The Kier molecular flexibility index (Phi) is 7.23. The molecule has 0 saturated carbocycles. The van der Waals surface area contributed by atoms with Gasteiger partial charge in [-0.25, -0.2) is 14.4 Å². The smallest absolute Gasteiger partial charge is 0.419 e. The lowest BCUT2D eigenvalue weighted by Gasteiger charge is -2.11. The third-order valence-corrected chi connectivity index (χ3v) is 7.23. The first-order valence-electron chi connectivity index (χ1n) is 10.4. The number of rotatable bonds is 8. The normalized spacial score (nSPS) is 11.8. The first-order chi connectivity index (χ1) is 17.5. The fraction of sp³-hybridized carbons (Fsp3) is 0.130. The lowest BCUT2D eigenvalue weighted by atomic mass is 10.1. The highest BCUT2D eigenvalue weighted by atomic mass is 32.2. The molecule has 194 valence electrons. The molecular weight excluding hydrogens is 536 g/mol. The number of phenols is 1. The molecule has 4 aromatic rings. The number of sulfonamides is 1. The molecule has 0 spiro atoms. The Morgan fingerprint density at radius 1 is 1.14 bits per heavy atom. The maximum atomic E-state index is 13.9. The fourth-order valence-electron chi connectivity index (χ4n) is 3.24. The number of aromatic nitrogens is 2. The van der Waals surface area contributed by atoms with E-state index in [1.165, 1.54) is 30.8 Å². The maximum Gasteiger partial charge on any atom is 0.419 e. The molecule has 0 amide bonds. The number of nitrogens with zero attached hydrogens (tertiary/aromatic N) is 2. The first kappa shape index (κ1) is 26.2. The maximum absolute atomic E-state index is 13.9. The van der Waals surface area contributed by atoms with Crippen molar-refractivity contribution in [3.8, 4) is 22.8 Å². The van der Waals surface area contributed by atoms with Gasteiger partial charge in [0.05, 0.1) is 30.3 Å². The van der Waals surface area contributed by atoms with Crippen LogP contribution in [0, 0.1) is 5.82 Å². The van der Waals surface area contributed by atoms with Crippen molar-refractivity contribution in [1.82, 2.24) is 9.97 Å². The van der Waals surface area contributed by atoms with Crippen LogP contribution in [-0.2, 0) is 22.7 Å². The minimum Gasteiger partial charge on any atom is -0.504 e. The van der Waals surface area contributed by atoms with E-state index >= 15 is 0 Å². The van der Waals surface area contributed by atoms with Gasteiger partial charge in [-0.2, -0.15) is 21.6 Å².